The predicted octanol–water partition coefficient (Wildman–Crippen LogP) is 1.08. The first-order valence-electron chi connectivity index (χ1n) is 5.67. The topological polar surface area (TPSA) is 56.5 Å². The quantitative estimate of drug-likeness (QED) is 0.543. The number of ether oxygens (including phenoxy) is 2. The second-order valence-electron chi connectivity index (χ2n) is 4.53. The SMILES string of the molecule is CC1(C(NN)C2=COCCC2)CCCO1. The molecule has 1 fully saturated rings. The Balaban J connectivity index is 2.11. The zero-order valence-electron chi connectivity index (χ0n) is 9.29. The largest absolute Gasteiger partial charge is 0.501 e. The number of rotatable bonds is 3. The highest BCUT2D eigenvalue weighted by atomic mass is 16.5. The summed E-state index contributed by atoms with van der Waals surface area (Å²) in [5.74, 6) is 5.64. The fourth-order valence-corrected chi connectivity index (χ4v) is 2.50. The highest BCUT2D eigenvalue weighted by molar-refractivity contribution is 5.16. The Labute approximate surface area is 90.8 Å². The number of hydrogen-bond donors (Lipinski definition) is 2. The maximum Gasteiger partial charge on any atom is 0.0876 e. The molecule has 0 aromatic rings. The van der Waals surface area contributed by atoms with Gasteiger partial charge in [-0.2, -0.15) is 0 Å². The summed E-state index contributed by atoms with van der Waals surface area (Å²) in [4.78, 5) is 0. The van der Waals surface area contributed by atoms with Gasteiger partial charge in [0.1, 0.15) is 0 Å². The van der Waals surface area contributed by atoms with Gasteiger partial charge in [-0.15, -0.1) is 0 Å². The summed E-state index contributed by atoms with van der Waals surface area (Å²) in [6.45, 7) is 3.78. The van der Waals surface area contributed by atoms with Crippen LogP contribution in [0.3, 0.4) is 0 Å². The van der Waals surface area contributed by atoms with Gasteiger partial charge in [-0.05, 0) is 38.2 Å². The Hall–Kier alpha value is -0.580. The van der Waals surface area contributed by atoms with E-state index in [2.05, 4.69) is 12.3 Å². The van der Waals surface area contributed by atoms with Crippen molar-refractivity contribution in [2.24, 2.45) is 5.84 Å². The minimum Gasteiger partial charge on any atom is -0.501 e. The lowest BCUT2D eigenvalue weighted by atomic mass is 9.86. The Morgan fingerprint density at radius 2 is 2.33 bits per heavy atom. The van der Waals surface area contributed by atoms with Gasteiger partial charge >= 0.3 is 0 Å². The fourth-order valence-electron chi connectivity index (χ4n) is 2.50. The lowest BCUT2D eigenvalue weighted by molar-refractivity contribution is -0.00452. The summed E-state index contributed by atoms with van der Waals surface area (Å²) in [5.41, 5.74) is 3.95. The number of hydrazine groups is 1. The zero-order valence-corrected chi connectivity index (χ0v) is 9.29. The third kappa shape index (κ3) is 2.17. The molecule has 0 aliphatic carbocycles. The van der Waals surface area contributed by atoms with Gasteiger partial charge in [0.05, 0.1) is 24.5 Å². The monoisotopic (exact) mass is 212 g/mol. The zero-order chi connectivity index (χ0) is 10.7. The van der Waals surface area contributed by atoms with Crippen molar-refractivity contribution >= 4 is 0 Å². The molecular weight excluding hydrogens is 192 g/mol. The molecule has 0 amide bonds. The minimum atomic E-state index is -0.165. The molecule has 2 rings (SSSR count). The third-order valence-electron chi connectivity index (χ3n) is 3.36. The van der Waals surface area contributed by atoms with Gasteiger partial charge in [0.25, 0.3) is 0 Å². The summed E-state index contributed by atoms with van der Waals surface area (Å²) in [6, 6.07) is 0.0836. The van der Waals surface area contributed by atoms with Gasteiger partial charge in [-0.25, -0.2) is 0 Å². The van der Waals surface area contributed by atoms with Gasteiger partial charge in [0, 0.05) is 6.61 Å². The molecule has 2 aliphatic rings. The van der Waals surface area contributed by atoms with Crippen LogP contribution in [0, 0.1) is 0 Å². The first-order chi connectivity index (χ1) is 7.26. The van der Waals surface area contributed by atoms with E-state index in [1.54, 1.807) is 0 Å². The molecule has 1 saturated heterocycles. The van der Waals surface area contributed by atoms with E-state index >= 15 is 0 Å². The minimum absolute atomic E-state index is 0.0836. The van der Waals surface area contributed by atoms with Crippen molar-refractivity contribution in [2.75, 3.05) is 13.2 Å². The van der Waals surface area contributed by atoms with Crippen molar-refractivity contribution in [2.45, 2.75) is 44.2 Å². The summed E-state index contributed by atoms with van der Waals surface area (Å²) in [6.07, 6.45) is 6.14. The van der Waals surface area contributed by atoms with Gasteiger partial charge in [-0.3, -0.25) is 11.3 Å². The molecule has 0 aromatic carbocycles. The second kappa shape index (κ2) is 4.51. The second-order valence-corrected chi connectivity index (χ2v) is 4.53. The lowest BCUT2D eigenvalue weighted by Gasteiger charge is -2.35. The number of nitrogens with two attached hydrogens (primary N) is 1. The van der Waals surface area contributed by atoms with Crippen molar-refractivity contribution in [3.05, 3.63) is 11.8 Å². The van der Waals surface area contributed by atoms with E-state index in [0.717, 1.165) is 38.9 Å². The molecule has 86 valence electrons. The van der Waals surface area contributed by atoms with Gasteiger partial charge in [0.15, 0.2) is 0 Å². The van der Waals surface area contributed by atoms with Gasteiger partial charge < -0.3 is 9.47 Å². The highest BCUT2D eigenvalue weighted by Crippen LogP contribution is 2.33. The van der Waals surface area contributed by atoms with Crippen molar-refractivity contribution in [1.29, 1.82) is 0 Å². The molecule has 0 saturated carbocycles. The van der Waals surface area contributed by atoms with E-state index in [0.29, 0.717) is 0 Å². The summed E-state index contributed by atoms with van der Waals surface area (Å²) in [7, 11) is 0. The van der Waals surface area contributed by atoms with E-state index in [1.807, 2.05) is 6.26 Å². The maximum atomic E-state index is 5.81. The summed E-state index contributed by atoms with van der Waals surface area (Å²) < 4.78 is 11.2. The number of nitrogens with one attached hydrogen (secondary N) is 1. The molecule has 2 heterocycles. The van der Waals surface area contributed by atoms with Crippen LogP contribution in [0.1, 0.15) is 32.6 Å². The Kier molecular flexibility index (Phi) is 3.29. The normalized spacial score (nSPS) is 33.3. The van der Waals surface area contributed by atoms with Crippen LogP contribution in [0.5, 0.6) is 0 Å². The van der Waals surface area contributed by atoms with Crippen molar-refractivity contribution in [3.8, 4) is 0 Å². The van der Waals surface area contributed by atoms with Gasteiger partial charge in [0.2, 0.25) is 0 Å². The van der Waals surface area contributed by atoms with Gasteiger partial charge in [-0.1, -0.05) is 0 Å². The van der Waals surface area contributed by atoms with Crippen molar-refractivity contribution in [3.63, 3.8) is 0 Å². The first kappa shape index (κ1) is 10.9. The predicted molar refractivity (Wildman–Crippen MR) is 58.0 cm³/mol. The molecule has 0 aromatic heterocycles. The molecule has 15 heavy (non-hydrogen) atoms. The van der Waals surface area contributed by atoms with Crippen LogP contribution < -0.4 is 11.3 Å². The molecule has 0 spiro atoms. The molecule has 0 radical (unpaired) electrons. The molecular formula is C11H20N2O2. The van der Waals surface area contributed by atoms with E-state index in [-0.39, 0.29) is 11.6 Å². The standard InChI is InChI=1S/C11H20N2O2/c1-11(5-3-7-15-11)10(13-12)9-4-2-6-14-8-9/h8,10,13H,2-7,12H2,1H3. The molecule has 2 unspecified atom stereocenters. The Morgan fingerprint density at radius 1 is 1.47 bits per heavy atom. The van der Waals surface area contributed by atoms with Crippen LogP contribution in [0.25, 0.3) is 0 Å². The molecule has 2 aliphatic heterocycles. The Morgan fingerprint density at radius 3 is 2.87 bits per heavy atom. The third-order valence-corrected chi connectivity index (χ3v) is 3.36. The van der Waals surface area contributed by atoms with Crippen LogP contribution in [-0.4, -0.2) is 24.9 Å². The molecule has 2 atom stereocenters. The van der Waals surface area contributed by atoms with Crippen molar-refractivity contribution < 1.29 is 9.47 Å². The molecule has 4 heteroatoms. The molecule has 3 N–H and O–H groups in total. The maximum absolute atomic E-state index is 5.81. The first-order valence-corrected chi connectivity index (χ1v) is 5.67. The van der Waals surface area contributed by atoms with Crippen LogP contribution in [0.15, 0.2) is 11.8 Å². The van der Waals surface area contributed by atoms with Crippen LogP contribution in [0.2, 0.25) is 0 Å². The summed E-state index contributed by atoms with van der Waals surface area (Å²) >= 11 is 0. The van der Waals surface area contributed by atoms with E-state index in [4.69, 9.17) is 15.3 Å². The Bertz CT molecular complexity index is 247. The molecule has 4 nitrogen and oxygen atoms in total. The smallest absolute Gasteiger partial charge is 0.0876 e. The molecule has 0 bridgehead atoms. The van der Waals surface area contributed by atoms with E-state index in [1.165, 1.54) is 5.57 Å². The average molecular weight is 212 g/mol. The van der Waals surface area contributed by atoms with Crippen molar-refractivity contribution in [1.82, 2.24) is 5.43 Å². The van der Waals surface area contributed by atoms with E-state index in [9.17, 15) is 0 Å². The lowest BCUT2D eigenvalue weighted by Crippen LogP contribution is -2.52. The van der Waals surface area contributed by atoms with Crippen LogP contribution >= 0.6 is 0 Å². The summed E-state index contributed by atoms with van der Waals surface area (Å²) in [5, 5.41) is 0. The fraction of sp³-hybridized carbons (Fsp3) is 0.818. The van der Waals surface area contributed by atoms with Crippen LogP contribution in [-0.2, 0) is 9.47 Å². The number of hydrogen-bond acceptors (Lipinski definition) is 4. The van der Waals surface area contributed by atoms with E-state index < -0.39 is 0 Å². The average Bonchev–Trinajstić information content (AvgIpc) is 2.68. The van der Waals surface area contributed by atoms with Crippen LogP contribution in [0.4, 0.5) is 0 Å². The highest BCUT2D eigenvalue weighted by Gasteiger charge is 2.40.